The number of benzene rings is 1. The molecule has 0 radical (unpaired) electrons. The van der Waals surface area contributed by atoms with E-state index in [0.717, 1.165) is 0 Å². The average Bonchev–Trinajstić information content (AvgIpc) is 2.86. The summed E-state index contributed by atoms with van der Waals surface area (Å²) in [4.78, 5) is 23.7. The molecule has 3 rings (SSSR count). The number of esters is 1. The molecule has 1 unspecified atom stereocenters. The molecule has 7 heteroatoms. The lowest BCUT2D eigenvalue weighted by Gasteiger charge is -2.26. The lowest BCUT2D eigenvalue weighted by atomic mass is 9.95. The molecule has 0 fully saturated rings. The molecule has 0 saturated heterocycles. The summed E-state index contributed by atoms with van der Waals surface area (Å²) in [6.45, 7) is 0.0738. The van der Waals surface area contributed by atoms with Crippen LogP contribution in [0.2, 0.25) is 0 Å². The zero-order valence-corrected chi connectivity index (χ0v) is 11.6. The summed E-state index contributed by atoms with van der Waals surface area (Å²) in [6, 6.07) is 4.27. The van der Waals surface area contributed by atoms with E-state index >= 15 is 0 Å². The predicted octanol–water partition coefficient (Wildman–Crippen LogP) is 0.869. The molecule has 1 aromatic rings. The van der Waals surface area contributed by atoms with Gasteiger partial charge in [-0.2, -0.15) is 0 Å². The molecule has 2 heterocycles. The molecule has 2 amide bonds. The number of methoxy groups -OCH3 is 2. The summed E-state index contributed by atoms with van der Waals surface area (Å²) >= 11 is 0. The van der Waals surface area contributed by atoms with Crippen molar-refractivity contribution in [1.29, 1.82) is 0 Å². The SMILES string of the molecule is COc1cccc(C2NC(=O)NC3=C2C(=O)OC3)c1OC. The van der Waals surface area contributed by atoms with E-state index in [9.17, 15) is 9.59 Å². The van der Waals surface area contributed by atoms with Crippen LogP contribution in [0, 0.1) is 0 Å². The lowest BCUT2D eigenvalue weighted by molar-refractivity contribution is -0.136. The van der Waals surface area contributed by atoms with Crippen molar-refractivity contribution in [2.24, 2.45) is 0 Å². The highest BCUT2D eigenvalue weighted by Gasteiger charge is 2.39. The van der Waals surface area contributed by atoms with E-state index in [-0.39, 0.29) is 12.6 Å². The van der Waals surface area contributed by atoms with Gasteiger partial charge in [0.25, 0.3) is 0 Å². The van der Waals surface area contributed by atoms with Gasteiger partial charge in [0.15, 0.2) is 11.5 Å². The van der Waals surface area contributed by atoms with E-state index in [1.165, 1.54) is 14.2 Å². The normalized spacial score (nSPS) is 20.4. The van der Waals surface area contributed by atoms with Crippen molar-refractivity contribution in [2.45, 2.75) is 6.04 Å². The van der Waals surface area contributed by atoms with Crippen molar-refractivity contribution in [3.05, 3.63) is 35.0 Å². The Hall–Kier alpha value is -2.70. The second-order valence-corrected chi connectivity index (χ2v) is 4.58. The quantitative estimate of drug-likeness (QED) is 0.807. The van der Waals surface area contributed by atoms with Crippen LogP contribution < -0.4 is 20.1 Å². The molecule has 1 atom stereocenters. The molecule has 0 bridgehead atoms. The van der Waals surface area contributed by atoms with E-state index < -0.39 is 12.0 Å². The Morgan fingerprint density at radius 1 is 1.24 bits per heavy atom. The van der Waals surface area contributed by atoms with Crippen LogP contribution in [0.15, 0.2) is 29.5 Å². The van der Waals surface area contributed by atoms with E-state index in [1.807, 2.05) is 0 Å². The van der Waals surface area contributed by atoms with Crippen molar-refractivity contribution < 1.29 is 23.8 Å². The van der Waals surface area contributed by atoms with Gasteiger partial charge in [0.05, 0.1) is 31.5 Å². The van der Waals surface area contributed by atoms with Gasteiger partial charge in [-0.3, -0.25) is 0 Å². The lowest BCUT2D eigenvalue weighted by Crippen LogP contribution is -2.44. The molecule has 7 nitrogen and oxygen atoms in total. The third kappa shape index (κ3) is 2.06. The highest BCUT2D eigenvalue weighted by Crippen LogP contribution is 2.40. The zero-order chi connectivity index (χ0) is 15.0. The van der Waals surface area contributed by atoms with Crippen molar-refractivity contribution in [3.8, 4) is 11.5 Å². The monoisotopic (exact) mass is 290 g/mol. The number of rotatable bonds is 3. The fourth-order valence-corrected chi connectivity index (χ4v) is 2.56. The minimum atomic E-state index is -0.631. The number of amides is 2. The number of nitrogens with one attached hydrogen (secondary N) is 2. The zero-order valence-electron chi connectivity index (χ0n) is 11.6. The summed E-state index contributed by atoms with van der Waals surface area (Å²) < 4.78 is 15.6. The second kappa shape index (κ2) is 5.01. The minimum absolute atomic E-state index is 0.0738. The second-order valence-electron chi connectivity index (χ2n) is 4.58. The smallest absolute Gasteiger partial charge is 0.338 e. The Bertz CT molecular complexity index is 653. The summed E-state index contributed by atoms with van der Waals surface area (Å²) in [5, 5.41) is 5.30. The average molecular weight is 290 g/mol. The first-order valence-electron chi connectivity index (χ1n) is 6.34. The van der Waals surface area contributed by atoms with Gasteiger partial charge in [-0.05, 0) is 6.07 Å². The van der Waals surface area contributed by atoms with Crippen LogP contribution in [0.25, 0.3) is 0 Å². The van der Waals surface area contributed by atoms with Crippen LogP contribution >= 0.6 is 0 Å². The topological polar surface area (TPSA) is 85.9 Å². The molecular formula is C14H14N2O5. The number of ether oxygens (including phenoxy) is 3. The Kier molecular flexibility index (Phi) is 3.17. The first-order chi connectivity index (χ1) is 10.2. The number of cyclic esters (lactones) is 1. The maximum absolute atomic E-state index is 11.9. The van der Waals surface area contributed by atoms with Crippen molar-refractivity contribution >= 4 is 12.0 Å². The molecule has 110 valence electrons. The molecule has 2 aliphatic rings. The first-order valence-corrected chi connectivity index (χ1v) is 6.34. The molecule has 1 aromatic carbocycles. The molecule has 0 aliphatic carbocycles. The van der Waals surface area contributed by atoms with Gasteiger partial charge < -0.3 is 24.8 Å². The van der Waals surface area contributed by atoms with Gasteiger partial charge in [-0.15, -0.1) is 0 Å². The van der Waals surface area contributed by atoms with Crippen LogP contribution in [-0.2, 0) is 9.53 Å². The number of hydrogen-bond donors (Lipinski definition) is 2. The molecule has 2 aliphatic heterocycles. The number of hydrogen-bond acceptors (Lipinski definition) is 5. The van der Waals surface area contributed by atoms with Gasteiger partial charge >= 0.3 is 12.0 Å². The van der Waals surface area contributed by atoms with E-state index in [0.29, 0.717) is 28.3 Å². The van der Waals surface area contributed by atoms with Gasteiger partial charge in [-0.1, -0.05) is 12.1 Å². The minimum Gasteiger partial charge on any atom is -0.493 e. The third-order valence-corrected chi connectivity index (χ3v) is 3.47. The Morgan fingerprint density at radius 3 is 2.76 bits per heavy atom. The molecule has 0 spiro atoms. The highest BCUT2D eigenvalue weighted by atomic mass is 16.5. The molecular weight excluding hydrogens is 276 g/mol. The number of carbonyl (C=O) groups is 2. The maximum Gasteiger partial charge on any atom is 0.338 e. The summed E-state index contributed by atoms with van der Waals surface area (Å²) in [6.07, 6.45) is 0. The summed E-state index contributed by atoms with van der Waals surface area (Å²) in [7, 11) is 3.03. The Labute approximate surface area is 120 Å². The van der Waals surface area contributed by atoms with E-state index in [2.05, 4.69) is 10.6 Å². The Morgan fingerprint density at radius 2 is 2.05 bits per heavy atom. The Balaban J connectivity index is 2.13. The van der Waals surface area contributed by atoms with E-state index in [1.54, 1.807) is 18.2 Å². The fraction of sp³-hybridized carbons (Fsp3) is 0.286. The molecule has 2 N–H and O–H groups in total. The molecule has 21 heavy (non-hydrogen) atoms. The largest absolute Gasteiger partial charge is 0.493 e. The van der Waals surface area contributed by atoms with Crippen LogP contribution in [0.3, 0.4) is 0 Å². The van der Waals surface area contributed by atoms with Gasteiger partial charge in [-0.25, -0.2) is 9.59 Å². The highest BCUT2D eigenvalue weighted by molar-refractivity contribution is 5.97. The number of urea groups is 1. The van der Waals surface area contributed by atoms with Crippen molar-refractivity contribution in [3.63, 3.8) is 0 Å². The first kappa shape index (κ1) is 13.3. The van der Waals surface area contributed by atoms with Crippen LogP contribution in [0.1, 0.15) is 11.6 Å². The third-order valence-electron chi connectivity index (χ3n) is 3.47. The van der Waals surface area contributed by atoms with Gasteiger partial charge in [0.1, 0.15) is 6.61 Å². The molecule has 0 aromatic heterocycles. The predicted molar refractivity (Wildman–Crippen MR) is 71.9 cm³/mol. The van der Waals surface area contributed by atoms with Crippen molar-refractivity contribution in [2.75, 3.05) is 20.8 Å². The van der Waals surface area contributed by atoms with E-state index in [4.69, 9.17) is 14.2 Å². The maximum atomic E-state index is 11.9. The number of para-hydroxylation sites is 1. The molecule has 0 saturated carbocycles. The standard InChI is InChI=1S/C14H14N2O5/c1-19-9-5-3-4-7(12(9)20-2)11-10-8(6-21-13(10)17)15-14(18)16-11/h3-5,11H,6H2,1-2H3,(H2,15,16,18). The van der Waals surface area contributed by atoms with Crippen LogP contribution in [0.4, 0.5) is 4.79 Å². The van der Waals surface area contributed by atoms with Gasteiger partial charge in [0.2, 0.25) is 0 Å². The number of carbonyl (C=O) groups excluding carboxylic acids is 2. The summed E-state index contributed by atoms with van der Waals surface area (Å²) in [5.74, 6) is 0.544. The summed E-state index contributed by atoms with van der Waals surface area (Å²) in [5.41, 5.74) is 1.51. The van der Waals surface area contributed by atoms with Crippen LogP contribution in [0.5, 0.6) is 11.5 Å². The van der Waals surface area contributed by atoms with Crippen molar-refractivity contribution in [1.82, 2.24) is 10.6 Å². The fourth-order valence-electron chi connectivity index (χ4n) is 2.56. The van der Waals surface area contributed by atoms with Gasteiger partial charge in [0, 0.05) is 5.56 Å². The van der Waals surface area contributed by atoms with Crippen LogP contribution in [-0.4, -0.2) is 32.8 Å².